The average molecular weight is 476 g/mol. The number of hydrogen-bond donors (Lipinski definition) is 1. The van der Waals surface area contributed by atoms with Crippen molar-refractivity contribution in [3.63, 3.8) is 0 Å². The quantitative estimate of drug-likeness (QED) is 0.540. The molecule has 2 aromatic rings. The van der Waals surface area contributed by atoms with Crippen molar-refractivity contribution in [2.45, 2.75) is 58.0 Å². The molecule has 1 aliphatic heterocycles. The third-order valence-electron chi connectivity index (χ3n) is 6.32. The van der Waals surface area contributed by atoms with E-state index < -0.39 is 23.5 Å². The Morgan fingerprint density at radius 2 is 1.78 bits per heavy atom. The summed E-state index contributed by atoms with van der Waals surface area (Å²) in [5.74, 6) is -1.76. The molecule has 2 unspecified atom stereocenters. The second-order valence-corrected chi connectivity index (χ2v) is 9.61. The number of nitrogens with zero attached hydrogens (tertiary/aromatic N) is 1. The van der Waals surface area contributed by atoms with Crippen molar-refractivity contribution in [1.82, 2.24) is 4.90 Å². The molecule has 0 radical (unpaired) electrons. The van der Waals surface area contributed by atoms with Crippen molar-refractivity contribution in [3.05, 3.63) is 69.7 Å². The molecule has 0 saturated carbocycles. The van der Waals surface area contributed by atoms with Crippen LogP contribution in [0.4, 0.5) is 0 Å². The number of hydrogen-bond acceptors (Lipinski definition) is 3. The number of carboxylic acid groups (broad SMARTS) is 1. The van der Waals surface area contributed by atoms with E-state index in [0.29, 0.717) is 22.9 Å². The van der Waals surface area contributed by atoms with Crippen LogP contribution in [0, 0.1) is 5.41 Å². The summed E-state index contributed by atoms with van der Waals surface area (Å²) in [6.45, 7) is 5.01. The fraction of sp³-hybridized carbons (Fsp3) is 0.400. The number of carbonyl (C=O) groups is 3. The molecule has 1 amide bonds. The SMILES string of the molecule is CC[C@@H](C(C)=O)N1C(=O)[C@@](C)(CC(=O)O)CC(c2cccc(Cl)c2)C1c1ccc(Cl)cc1. The smallest absolute Gasteiger partial charge is 0.304 e. The maximum Gasteiger partial charge on any atom is 0.304 e. The van der Waals surface area contributed by atoms with Gasteiger partial charge in [0.15, 0.2) is 5.78 Å². The lowest BCUT2D eigenvalue weighted by atomic mass is 9.67. The summed E-state index contributed by atoms with van der Waals surface area (Å²) >= 11 is 12.4. The van der Waals surface area contributed by atoms with E-state index >= 15 is 0 Å². The van der Waals surface area contributed by atoms with Crippen molar-refractivity contribution in [1.29, 1.82) is 0 Å². The van der Waals surface area contributed by atoms with Crippen LogP contribution in [0.5, 0.6) is 0 Å². The molecule has 0 aliphatic carbocycles. The molecule has 1 fully saturated rings. The Bertz CT molecular complexity index is 1020. The van der Waals surface area contributed by atoms with Gasteiger partial charge in [0.05, 0.1) is 23.9 Å². The van der Waals surface area contributed by atoms with Gasteiger partial charge < -0.3 is 10.0 Å². The highest BCUT2D eigenvalue weighted by molar-refractivity contribution is 6.30. The number of amides is 1. The second kappa shape index (κ2) is 9.63. The zero-order chi connectivity index (χ0) is 23.6. The third kappa shape index (κ3) is 4.84. The number of ketones is 1. The van der Waals surface area contributed by atoms with Crippen molar-refractivity contribution < 1.29 is 19.5 Å². The fourth-order valence-electron chi connectivity index (χ4n) is 4.90. The van der Waals surface area contributed by atoms with Gasteiger partial charge in [0, 0.05) is 16.0 Å². The minimum atomic E-state index is -1.16. The molecule has 3 rings (SSSR count). The number of benzene rings is 2. The molecule has 0 bridgehead atoms. The molecule has 4 atom stereocenters. The van der Waals surface area contributed by atoms with Crippen molar-refractivity contribution in [2.24, 2.45) is 5.41 Å². The Kier molecular flexibility index (Phi) is 7.31. The molecule has 0 aromatic heterocycles. The van der Waals surface area contributed by atoms with Gasteiger partial charge in [-0.3, -0.25) is 14.4 Å². The zero-order valence-electron chi connectivity index (χ0n) is 18.3. The van der Waals surface area contributed by atoms with E-state index in [4.69, 9.17) is 23.2 Å². The van der Waals surface area contributed by atoms with Crippen molar-refractivity contribution in [2.75, 3.05) is 0 Å². The molecule has 1 heterocycles. The predicted molar refractivity (Wildman–Crippen MR) is 125 cm³/mol. The molecule has 170 valence electrons. The molecule has 1 N–H and O–H groups in total. The second-order valence-electron chi connectivity index (χ2n) is 8.74. The number of piperidine rings is 1. The van der Waals surface area contributed by atoms with Crippen LogP contribution in [-0.4, -0.2) is 33.7 Å². The summed E-state index contributed by atoms with van der Waals surface area (Å²) in [4.78, 5) is 39.8. The lowest BCUT2D eigenvalue weighted by molar-refractivity contribution is -0.162. The normalized spacial score (nSPS) is 24.3. The molecular formula is C25H27Cl2NO4. The average Bonchev–Trinajstić information content (AvgIpc) is 2.71. The van der Waals surface area contributed by atoms with E-state index in [-0.39, 0.29) is 24.0 Å². The standard InChI is InChI=1S/C25H27Cl2NO4/c1-4-21(15(2)29)28-23(16-8-10-18(26)11-9-16)20(17-6-5-7-19(27)12-17)13-25(3,24(28)32)14-22(30)31/h5-12,20-21,23H,4,13-14H2,1-3H3,(H,30,31)/t20?,21-,23?,25+/m0/s1. The number of rotatable bonds is 7. The van der Waals surface area contributed by atoms with Gasteiger partial charge in [-0.05, 0) is 55.2 Å². The summed E-state index contributed by atoms with van der Waals surface area (Å²) in [5.41, 5.74) is 0.569. The highest BCUT2D eigenvalue weighted by atomic mass is 35.5. The predicted octanol–water partition coefficient (Wildman–Crippen LogP) is 5.90. The monoisotopic (exact) mass is 475 g/mol. The summed E-state index contributed by atoms with van der Waals surface area (Å²) in [6, 6.07) is 13.5. The van der Waals surface area contributed by atoms with Crippen LogP contribution in [0.3, 0.4) is 0 Å². The first-order valence-corrected chi connectivity index (χ1v) is 11.4. The van der Waals surface area contributed by atoms with Crippen molar-refractivity contribution in [3.8, 4) is 0 Å². The summed E-state index contributed by atoms with van der Waals surface area (Å²) in [5, 5.41) is 10.7. The Morgan fingerprint density at radius 3 is 2.31 bits per heavy atom. The Labute approximate surface area is 198 Å². The lowest BCUT2D eigenvalue weighted by Crippen LogP contribution is -2.57. The first kappa shape index (κ1) is 24.3. The van der Waals surface area contributed by atoms with E-state index in [0.717, 1.165) is 11.1 Å². The number of carbonyl (C=O) groups excluding carboxylic acids is 2. The zero-order valence-corrected chi connectivity index (χ0v) is 19.9. The number of likely N-dealkylation sites (tertiary alicyclic amines) is 1. The summed E-state index contributed by atoms with van der Waals surface area (Å²) in [6.07, 6.45) is 0.425. The van der Waals surface area contributed by atoms with Crippen LogP contribution in [0.15, 0.2) is 48.5 Å². The summed E-state index contributed by atoms with van der Waals surface area (Å²) < 4.78 is 0. The molecule has 2 aromatic carbocycles. The Hall–Kier alpha value is -2.37. The van der Waals surface area contributed by atoms with E-state index in [2.05, 4.69) is 0 Å². The minimum Gasteiger partial charge on any atom is -0.481 e. The van der Waals surface area contributed by atoms with Crippen LogP contribution < -0.4 is 0 Å². The molecule has 7 heteroatoms. The fourth-order valence-corrected chi connectivity index (χ4v) is 5.23. The molecule has 1 saturated heterocycles. The van der Waals surface area contributed by atoms with Crippen LogP contribution >= 0.6 is 23.2 Å². The highest BCUT2D eigenvalue weighted by Crippen LogP contribution is 2.52. The molecule has 0 spiro atoms. The third-order valence-corrected chi connectivity index (χ3v) is 6.81. The maximum atomic E-state index is 13.8. The number of Topliss-reactive ketones (excluding diaryl/α,β-unsaturated/α-hetero) is 1. The highest BCUT2D eigenvalue weighted by Gasteiger charge is 2.52. The van der Waals surface area contributed by atoms with Gasteiger partial charge in [0.2, 0.25) is 5.91 Å². The lowest BCUT2D eigenvalue weighted by Gasteiger charge is -2.51. The molecule has 32 heavy (non-hydrogen) atoms. The van der Waals surface area contributed by atoms with Crippen LogP contribution in [0.2, 0.25) is 10.0 Å². The number of aliphatic carboxylic acids is 1. The van der Waals surface area contributed by atoms with Gasteiger partial charge in [-0.2, -0.15) is 0 Å². The van der Waals surface area contributed by atoms with E-state index in [9.17, 15) is 19.5 Å². The largest absolute Gasteiger partial charge is 0.481 e. The van der Waals surface area contributed by atoms with Gasteiger partial charge in [-0.15, -0.1) is 0 Å². The topological polar surface area (TPSA) is 74.7 Å². The van der Waals surface area contributed by atoms with E-state index in [1.807, 2.05) is 37.3 Å². The first-order valence-electron chi connectivity index (χ1n) is 10.6. The van der Waals surface area contributed by atoms with Gasteiger partial charge in [0.1, 0.15) is 0 Å². The maximum absolute atomic E-state index is 13.8. The Morgan fingerprint density at radius 1 is 1.12 bits per heavy atom. The van der Waals surface area contributed by atoms with Crippen LogP contribution in [-0.2, 0) is 14.4 Å². The Balaban J connectivity index is 2.26. The molecule has 5 nitrogen and oxygen atoms in total. The molecular weight excluding hydrogens is 449 g/mol. The summed E-state index contributed by atoms with van der Waals surface area (Å²) in [7, 11) is 0. The molecule has 1 aliphatic rings. The minimum absolute atomic E-state index is 0.135. The van der Waals surface area contributed by atoms with Crippen LogP contribution in [0.1, 0.15) is 63.1 Å². The van der Waals surface area contributed by atoms with Gasteiger partial charge in [-0.25, -0.2) is 0 Å². The van der Waals surface area contributed by atoms with Gasteiger partial charge in [-0.1, -0.05) is 61.3 Å². The van der Waals surface area contributed by atoms with Crippen LogP contribution in [0.25, 0.3) is 0 Å². The number of halogens is 2. The van der Waals surface area contributed by atoms with Gasteiger partial charge in [0.25, 0.3) is 0 Å². The number of carboxylic acids is 1. The first-order chi connectivity index (χ1) is 15.1. The van der Waals surface area contributed by atoms with E-state index in [1.165, 1.54) is 6.92 Å². The van der Waals surface area contributed by atoms with Crippen molar-refractivity contribution >= 4 is 40.9 Å². The van der Waals surface area contributed by atoms with Gasteiger partial charge >= 0.3 is 5.97 Å². The van der Waals surface area contributed by atoms with E-state index in [1.54, 1.807) is 30.0 Å².